The van der Waals surface area contributed by atoms with Gasteiger partial charge in [-0.3, -0.25) is 14.5 Å². The quantitative estimate of drug-likeness (QED) is 0.797. The summed E-state index contributed by atoms with van der Waals surface area (Å²) < 4.78 is 5.07. The van der Waals surface area contributed by atoms with Crippen molar-refractivity contribution in [2.45, 2.75) is 26.3 Å². The molecule has 0 aromatic carbocycles. The molecule has 0 bridgehead atoms. The monoisotopic (exact) mass is 319 g/mol. The number of nitrogens with zero attached hydrogens (tertiary/aromatic N) is 5. The zero-order valence-corrected chi connectivity index (χ0v) is 13.5. The molecule has 2 amide bonds. The van der Waals surface area contributed by atoms with E-state index in [0.717, 1.165) is 31.1 Å². The lowest BCUT2D eigenvalue weighted by Gasteiger charge is -2.35. The average Bonchev–Trinajstić information content (AvgIpc) is 2.95. The number of piperazine rings is 1. The van der Waals surface area contributed by atoms with Crippen molar-refractivity contribution in [3.05, 3.63) is 17.5 Å². The van der Waals surface area contributed by atoms with Gasteiger partial charge in [0, 0.05) is 58.7 Å². The molecule has 8 nitrogen and oxygen atoms in total. The fraction of sp³-hybridized carbons (Fsp3) is 0.600. The minimum absolute atomic E-state index is 0.0470. The maximum atomic E-state index is 12.5. The van der Waals surface area contributed by atoms with Crippen molar-refractivity contribution in [2.24, 2.45) is 5.10 Å². The molecule has 0 unspecified atom stereocenters. The molecule has 1 aromatic rings. The molecule has 0 spiro atoms. The highest BCUT2D eigenvalue weighted by atomic mass is 16.5. The molecular formula is C15H21N5O3. The van der Waals surface area contributed by atoms with Crippen molar-refractivity contribution < 1.29 is 14.1 Å². The number of hydrogen-bond donors (Lipinski definition) is 0. The molecule has 3 rings (SSSR count). The molecule has 3 heterocycles. The van der Waals surface area contributed by atoms with Crippen LogP contribution >= 0.6 is 0 Å². The molecular weight excluding hydrogens is 298 g/mol. The lowest BCUT2D eigenvalue weighted by molar-refractivity contribution is -0.131. The van der Waals surface area contributed by atoms with Gasteiger partial charge in [-0.05, 0) is 6.92 Å². The second-order valence-corrected chi connectivity index (χ2v) is 5.96. The van der Waals surface area contributed by atoms with Crippen molar-refractivity contribution in [3.8, 4) is 0 Å². The van der Waals surface area contributed by atoms with Crippen molar-refractivity contribution >= 4 is 17.5 Å². The standard InChI is InChI=1S/C15H21N5O3/c1-11-9-12(17-23-11)10-19-5-7-20(8-6-19)15(22)13-3-4-14(21)18(2)16-13/h9H,3-8,10H2,1-2H3. The Morgan fingerprint density at radius 2 is 2.00 bits per heavy atom. The van der Waals surface area contributed by atoms with Gasteiger partial charge < -0.3 is 9.42 Å². The first-order valence-corrected chi connectivity index (χ1v) is 7.81. The van der Waals surface area contributed by atoms with Crippen molar-refractivity contribution in [2.75, 3.05) is 33.2 Å². The Bertz CT molecular complexity index is 631. The Balaban J connectivity index is 1.53. The molecule has 0 atom stereocenters. The number of hydrogen-bond acceptors (Lipinski definition) is 6. The number of amides is 2. The van der Waals surface area contributed by atoms with Gasteiger partial charge in [-0.15, -0.1) is 0 Å². The van der Waals surface area contributed by atoms with Crippen LogP contribution in [0, 0.1) is 6.92 Å². The summed E-state index contributed by atoms with van der Waals surface area (Å²) in [6, 6.07) is 1.93. The lowest BCUT2D eigenvalue weighted by atomic mass is 10.1. The summed E-state index contributed by atoms with van der Waals surface area (Å²) in [5.74, 6) is 0.707. The third-order valence-corrected chi connectivity index (χ3v) is 4.18. The molecule has 2 aliphatic heterocycles. The van der Waals surface area contributed by atoms with E-state index in [1.165, 1.54) is 5.01 Å². The molecule has 8 heteroatoms. The third kappa shape index (κ3) is 3.58. The smallest absolute Gasteiger partial charge is 0.270 e. The van der Waals surface area contributed by atoms with Crippen molar-refractivity contribution in [3.63, 3.8) is 0 Å². The molecule has 1 aromatic heterocycles. The summed E-state index contributed by atoms with van der Waals surface area (Å²) in [5, 5.41) is 9.36. The largest absolute Gasteiger partial charge is 0.361 e. The first-order chi connectivity index (χ1) is 11.0. The first kappa shape index (κ1) is 15.7. The minimum Gasteiger partial charge on any atom is -0.361 e. The molecule has 0 aliphatic carbocycles. The summed E-state index contributed by atoms with van der Waals surface area (Å²) in [6.45, 7) is 5.51. The number of carbonyl (C=O) groups excluding carboxylic acids is 2. The minimum atomic E-state index is -0.0544. The molecule has 23 heavy (non-hydrogen) atoms. The normalized spacial score (nSPS) is 19.9. The average molecular weight is 319 g/mol. The van der Waals surface area contributed by atoms with Crippen LogP contribution in [0.2, 0.25) is 0 Å². The number of aromatic nitrogens is 1. The van der Waals surface area contributed by atoms with E-state index in [1.54, 1.807) is 7.05 Å². The van der Waals surface area contributed by atoms with E-state index in [2.05, 4.69) is 15.2 Å². The van der Waals surface area contributed by atoms with Crippen LogP contribution in [0.1, 0.15) is 24.3 Å². The van der Waals surface area contributed by atoms with E-state index < -0.39 is 0 Å². The summed E-state index contributed by atoms with van der Waals surface area (Å²) >= 11 is 0. The van der Waals surface area contributed by atoms with E-state index in [9.17, 15) is 9.59 Å². The van der Waals surface area contributed by atoms with Crippen LogP contribution in [0.3, 0.4) is 0 Å². The Labute approximate surface area is 134 Å². The predicted octanol–water partition coefficient (Wildman–Crippen LogP) is 0.235. The van der Waals surface area contributed by atoms with Crippen LogP contribution in [0.25, 0.3) is 0 Å². The Morgan fingerprint density at radius 3 is 2.61 bits per heavy atom. The summed E-state index contributed by atoms with van der Waals surface area (Å²) in [4.78, 5) is 28.0. The topological polar surface area (TPSA) is 82.2 Å². The molecule has 1 saturated heterocycles. The van der Waals surface area contributed by atoms with E-state index in [4.69, 9.17) is 4.52 Å². The Hall–Kier alpha value is -2.22. The molecule has 0 saturated carbocycles. The second kappa shape index (κ2) is 6.49. The number of rotatable bonds is 3. The van der Waals surface area contributed by atoms with E-state index >= 15 is 0 Å². The van der Waals surface area contributed by atoms with Gasteiger partial charge in [-0.2, -0.15) is 5.10 Å². The summed E-state index contributed by atoms with van der Waals surface area (Å²) in [6.07, 6.45) is 0.785. The zero-order valence-electron chi connectivity index (χ0n) is 13.5. The van der Waals surface area contributed by atoms with Crippen LogP contribution in [0.5, 0.6) is 0 Å². The molecule has 0 N–H and O–H groups in total. The van der Waals surface area contributed by atoms with Crippen LogP contribution in [-0.4, -0.2) is 70.7 Å². The van der Waals surface area contributed by atoms with E-state index in [1.807, 2.05) is 17.9 Å². The van der Waals surface area contributed by atoms with Gasteiger partial charge >= 0.3 is 0 Å². The molecule has 124 valence electrons. The Morgan fingerprint density at radius 1 is 1.26 bits per heavy atom. The van der Waals surface area contributed by atoms with Crippen LogP contribution in [-0.2, 0) is 16.1 Å². The highest BCUT2D eigenvalue weighted by Crippen LogP contribution is 2.13. The zero-order chi connectivity index (χ0) is 16.4. The molecule has 1 fully saturated rings. The van der Waals surface area contributed by atoms with Gasteiger partial charge in [0.2, 0.25) is 5.91 Å². The SMILES string of the molecule is Cc1cc(CN2CCN(C(=O)C3=NN(C)C(=O)CC3)CC2)no1. The van der Waals surface area contributed by atoms with Crippen LogP contribution < -0.4 is 0 Å². The van der Waals surface area contributed by atoms with Crippen molar-refractivity contribution in [1.29, 1.82) is 0 Å². The van der Waals surface area contributed by atoms with E-state index in [-0.39, 0.29) is 11.8 Å². The summed E-state index contributed by atoms with van der Waals surface area (Å²) in [7, 11) is 1.59. The maximum absolute atomic E-state index is 12.5. The second-order valence-electron chi connectivity index (χ2n) is 5.96. The van der Waals surface area contributed by atoms with Gasteiger partial charge in [-0.25, -0.2) is 5.01 Å². The fourth-order valence-corrected chi connectivity index (χ4v) is 2.84. The van der Waals surface area contributed by atoms with Gasteiger partial charge in [-0.1, -0.05) is 5.16 Å². The highest BCUT2D eigenvalue weighted by Gasteiger charge is 2.28. The summed E-state index contributed by atoms with van der Waals surface area (Å²) in [5.41, 5.74) is 1.40. The van der Waals surface area contributed by atoms with Gasteiger partial charge in [0.1, 0.15) is 11.5 Å². The predicted molar refractivity (Wildman–Crippen MR) is 82.5 cm³/mol. The Kier molecular flexibility index (Phi) is 4.42. The van der Waals surface area contributed by atoms with E-state index in [0.29, 0.717) is 31.6 Å². The lowest BCUT2D eigenvalue weighted by Crippen LogP contribution is -2.51. The van der Waals surface area contributed by atoms with Crippen molar-refractivity contribution in [1.82, 2.24) is 20.0 Å². The van der Waals surface area contributed by atoms with Gasteiger partial charge in [0.05, 0.1) is 5.69 Å². The van der Waals surface area contributed by atoms with Gasteiger partial charge in [0.25, 0.3) is 5.91 Å². The number of carbonyl (C=O) groups is 2. The molecule has 0 radical (unpaired) electrons. The van der Waals surface area contributed by atoms with Crippen LogP contribution in [0.4, 0.5) is 0 Å². The van der Waals surface area contributed by atoms with Gasteiger partial charge in [0.15, 0.2) is 0 Å². The first-order valence-electron chi connectivity index (χ1n) is 7.81. The third-order valence-electron chi connectivity index (χ3n) is 4.18. The number of aryl methyl sites for hydroxylation is 1. The highest BCUT2D eigenvalue weighted by molar-refractivity contribution is 6.39. The maximum Gasteiger partial charge on any atom is 0.270 e. The fourth-order valence-electron chi connectivity index (χ4n) is 2.84. The molecule has 2 aliphatic rings. The number of hydrazone groups is 1. The van der Waals surface area contributed by atoms with Crippen LogP contribution in [0.15, 0.2) is 15.7 Å².